The van der Waals surface area contributed by atoms with Crippen LogP contribution in [-0.4, -0.2) is 23.4 Å². The Kier molecular flexibility index (Phi) is 5.84. The van der Waals surface area contributed by atoms with Gasteiger partial charge in [0, 0.05) is 11.3 Å². The zero-order valence-electron chi connectivity index (χ0n) is 13.9. The molecule has 0 spiro atoms. The summed E-state index contributed by atoms with van der Waals surface area (Å²) in [5.74, 6) is -1.02. The second kappa shape index (κ2) is 8.05. The Morgan fingerprint density at radius 3 is 2.44 bits per heavy atom. The van der Waals surface area contributed by atoms with Crippen LogP contribution in [0.5, 0.6) is 0 Å². The molecule has 0 atom stereocenters. The van der Waals surface area contributed by atoms with E-state index in [-0.39, 0.29) is 11.3 Å². The van der Waals surface area contributed by atoms with Gasteiger partial charge in [0.15, 0.2) is 0 Å². The van der Waals surface area contributed by atoms with Crippen molar-refractivity contribution in [3.8, 4) is 0 Å². The molecule has 7 nitrogen and oxygen atoms in total. The molecule has 0 unspecified atom stereocenters. The highest BCUT2D eigenvalue weighted by Crippen LogP contribution is 2.24. The Morgan fingerprint density at radius 2 is 1.84 bits per heavy atom. The summed E-state index contributed by atoms with van der Waals surface area (Å²) in [5, 5.41) is 13.8. The van der Waals surface area contributed by atoms with Crippen molar-refractivity contribution in [1.82, 2.24) is 0 Å². The van der Waals surface area contributed by atoms with E-state index in [1.807, 2.05) is 6.92 Å². The average Bonchev–Trinajstić information content (AvgIpc) is 2.59. The van der Waals surface area contributed by atoms with Crippen molar-refractivity contribution in [2.45, 2.75) is 20.3 Å². The predicted octanol–water partition coefficient (Wildman–Crippen LogP) is 3.72. The third kappa shape index (κ3) is 4.41. The standard InChI is InChI=1S/C18H18N2O5/c1-3-11-25-18(22)13-7-9-14(10-8-13)19-17(21)15-6-4-5-12(2)16(15)20(23)24/h4-10H,3,11H2,1-2H3,(H,19,21). The van der Waals surface area contributed by atoms with Gasteiger partial charge in [-0.25, -0.2) is 4.79 Å². The van der Waals surface area contributed by atoms with Gasteiger partial charge in [0.2, 0.25) is 0 Å². The van der Waals surface area contributed by atoms with Crippen LogP contribution in [0.4, 0.5) is 11.4 Å². The van der Waals surface area contributed by atoms with Gasteiger partial charge >= 0.3 is 5.97 Å². The van der Waals surface area contributed by atoms with Crippen LogP contribution in [0.2, 0.25) is 0 Å². The zero-order valence-corrected chi connectivity index (χ0v) is 13.9. The number of nitrogens with zero attached hydrogens (tertiary/aromatic N) is 1. The minimum Gasteiger partial charge on any atom is -0.462 e. The van der Waals surface area contributed by atoms with Crippen molar-refractivity contribution in [3.63, 3.8) is 0 Å². The van der Waals surface area contributed by atoms with Crippen LogP contribution in [0.3, 0.4) is 0 Å². The Labute approximate surface area is 144 Å². The first-order valence-corrected chi connectivity index (χ1v) is 7.76. The molecule has 0 aliphatic rings. The summed E-state index contributed by atoms with van der Waals surface area (Å²) in [7, 11) is 0. The van der Waals surface area contributed by atoms with E-state index < -0.39 is 16.8 Å². The van der Waals surface area contributed by atoms with Crippen molar-refractivity contribution in [3.05, 3.63) is 69.3 Å². The molecule has 2 aromatic carbocycles. The molecule has 0 aliphatic heterocycles. The van der Waals surface area contributed by atoms with Gasteiger partial charge < -0.3 is 10.1 Å². The topological polar surface area (TPSA) is 98.5 Å². The molecule has 0 aromatic heterocycles. The lowest BCUT2D eigenvalue weighted by molar-refractivity contribution is -0.385. The van der Waals surface area contributed by atoms with Crippen molar-refractivity contribution < 1.29 is 19.2 Å². The van der Waals surface area contributed by atoms with E-state index in [1.165, 1.54) is 18.2 Å². The number of carbonyl (C=O) groups excluding carboxylic acids is 2. The minimum absolute atomic E-state index is 0.0172. The summed E-state index contributed by atoms with van der Waals surface area (Å²) in [6, 6.07) is 10.7. The molecular formula is C18H18N2O5. The van der Waals surface area contributed by atoms with E-state index >= 15 is 0 Å². The quantitative estimate of drug-likeness (QED) is 0.490. The summed E-state index contributed by atoms with van der Waals surface area (Å²) >= 11 is 0. The zero-order chi connectivity index (χ0) is 18.4. The summed E-state index contributed by atoms with van der Waals surface area (Å²) in [5.41, 5.74) is 0.962. The molecular weight excluding hydrogens is 324 g/mol. The first-order chi connectivity index (χ1) is 11.9. The molecule has 0 saturated heterocycles. The number of esters is 1. The number of amides is 1. The number of nitro benzene ring substituents is 1. The van der Waals surface area contributed by atoms with E-state index in [0.717, 1.165) is 6.42 Å². The number of hydrogen-bond acceptors (Lipinski definition) is 5. The first-order valence-electron chi connectivity index (χ1n) is 7.76. The van der Waals surface area contributed by atoms with Crippen LogP contribution in [0.1, 0.15) is 39.6 Å². The number of anilines is 1. The first kappa shape index (κ1) is 18.1. The van der Waals surface area contributed by atoms with E-state index in [9.17, 15) is 19.7 Å². The third-order valence-electron chi connectivity index (χ3n) is 3.48. The lowest BCUT2D eigenvalue weighted by Gasteiger charge is -2.08. The molecule has 25 heavy (non-hydrogen) atoms. The van der Waals surface area contributed by atoms with Crippen LogP contribution in [-0.2, 0) is 4.74 Å². The van der Waals surface area contributed by atoms with Crippen LogP contribution in [0.25, 0.3) is 0 Å². The lowest BCUT2D eigenvalue weighted by Crippen LogP contribution is -2.14. The SMILES string of the molecule is CCCOC(=O)c1ccc(NC(=O)c2cccc(C)c2[N+](=O)[O-])cc1. The van der Waals surface area contributed by atoms with Crippen molar-refractivity contribution in [1.29, 1.82) is 0 Å². The number of ether oxygens (including phenoxy) is 1. The Balaban J connectivity index is 2.15. The molecule has 0 heterocycles. The Hall–Kier alpha value is -3.22. The molecule has 7 heteroatoms. The van der Waals surface area contributed by atoms with Crippen molar-refractivity contribution in [2.75, 3.05) is 11.9 Å². The van der Waals surface area contributed by atoms with Gasteiger partial charge in [-0.3, -0.25) is 14.9 Å². The number of nitrogens with one attached hydrogen (secondary N) is 1. The van der Waals surface area contributed by atoms with Crippen LogP contribution >= 0.6 is 0 Å². The molecule has 2 rings (SSSR count). The molecule has 0 aliphatic carbocycles. The van der Waals surface area contributed by atoms with Crippen LogP contribution in [0.15, 0.2) is 42.5 Å². The monoisotopic (exact) mass is 342 g/mol. The molecule has 0 fully saturated rings. The summed E-state index contributed by atoms with van der Waals surface area (Å²) in [6.07, 6.45) is 0.731. The Bertz CT molecular complexity index is 800. The highest BCUT2D eigenvalue weighted by atomic mass is 16.6. The van der Waals surface area contributed by atoms with Crippen molar-refractivity contribution >= 4 is 23.3 Å². The molecule has 2 aromatic rings. The second-order valence-electron chi connectivity index (χ2n) is 5.40. The van der Waals surface area contributed by atoms with Gasteiger partial charge in [-0.15, -0.1) is 0 Å². The number of hydrogen-bond donors (Lipinski definition) is 1. The molecule has 0 bridgehead atoms. The maximum atomic E-state index is 12.3. The van der Waals surface area contributed by atoms with Gasteiger partial charge in [0.05, 0.1) is 17.1 Å². The van der Waals surface area contributed by atoms with Gasteiger partial charge in [-0.1, -0.05) is 19.1 Å². The highest BCUT2D eigenvalue weighted by Gasteiger charge is 2.22. The summed E-state index contributed by atoms with van der Waals surface area (Å²) < 4.78 is 5.02. The van der Waals surface area contributed by atoms with E-state index in [4.69, 9.17) is 4.74 Å². The van der Waals surface area contributed by atoms with Gasteiger partial charge in [-0.2, -0.15) is 0 Å². The molecule has 0 saturated carbocycles. The fraction of sp³-hybridized carbons (Fsp3) is 0.222. The van der Waals surface area contributed by atoms with Crippen molar-refractivity contribution in [2.24, 2.45) is 0 Å². The normalized spacial score (nSPS) is 10.2. The predicted molar refractivity (Wildman–Crippen MR) is 92.8 cm³/mol. The summed E-state index contributed by atoms with van der Waals surface area (Å²) in [4.78, 5) is 34.7. The maximum absolute atomic E-state index is 12.3. The third-order valence-corrected chi connectivity index (χ3v) is 3.48. The van der Waals surface area contributed by atoms with Gasteiger partial charge in [0.25, 0.3) is 11.6 Å². The average molecular weight is 342 g/mol. The number of nitro groups is 1. The molecule has 1 N–H and O–H groups in total. The van der Waals surface area contributed by atoms with Crippen LogP contribution in [0, 0.1) is 17.0 Å². The van der Waals surface area contributed by atoms with E-state index in [2.05, 4.69) is 5.32 Å². The number of benzene rings is 2. The smallest absolute Gasteiger partial charge is 0.338 e. The number of carbonyl (C=O) groups is 2. The molecule has 130 valence electrons. The number of para-hydroxylation sites is 1. The second-order valence-corrected chi connectivity index (χ2v) is 5.40. The van der Waals surface area contributed by atoms with Gasteiger partial charge in [0.1, 0.15) is 5.56 Å². The minimum atomic E-state index is -0.586. The van der Waals surface area contributed by atoms with E-state index in [1.54, 1.807) is 31.2 Å². The molecule has 1 amide bonds. The van der Waals surface area contributed by atoms with Crippen LogP contribution < -0.4 is 5.32 Å². The fourth-order valence-electron chi connectivity index (χ4n) is 2.25. The van der Waals surface area contributed by atoms with Gasteiger partial charge in [-0.05, 0) is 43.7 Å². The maximum Gasteiger partial charge on any atom is 0.338 e. The largest absolute Gasteiger partial charge is 0.462 e. The number of rotatable bonds is 6. The molecule has 0 radical (unpaired) electrons. The Morgan fingerprint density at radius 1 is 1.16 bits per heavy atom. The highest BCUT2D eigenvalue weighted by molar-refractivity contribution is 6.07. The summed E-state index contributed by atoms with van der Waals surface area (Å²) in [6.45, 7) is 3.82. The number of aryl methyl sites for hydroxylation is 1. The van der Waals surface area contributed by atoms with E-state index in [0.29, 0.717) is 23.4 Å². The lowest BCUT2D eigenvalue weighted by atomic mass is 10.1. The fourth-order valence-corrected chi connectivity index (χ4v) is 2.25.